The van der Waals surface area contributed by atoms with E-state index in [0.29, 0.717) is 5.56 Å². The second kappa shape index (κ2) is 7.87. The van der Waals surface area contributed by atoms with Crippen molar-refractivity contribution in [2.75, 3.05) is 27.2 Å². The molecule has 0 saturated carbocycles. The van der Waals surface area contributed by atoms with Crippen LogP contribution in [0.1, 0.15) is 49.0 Å². The van der Waals surface area contributed by atoms with Crippen LogP contribution < -0.4 is 5.32 Å². The van der Waals surface area contributed by atoms with E-state index in [1.165, 1.54) is 7.11 Å². The van der Waals surface area contributed by atoms with Gasteiger partial charge in [-0.05, 0) is 57.9 Å². The fourth-order valence-electron chi connectivity index (χ4n) is 3.15. The van der Waals surface area contributed by atoms with Gasteiger partial charge < -0.3 is 19.7 Å². The number of nitrogens with one attached hydrogen (secondary N) is 1. The summed E-state index contributed by atoms with van der Waals surface area (Å²) in [5, 5.41) is 2.97. The van der Waals surface area contributed by atoms with E-state index in [2.05, 4.69) is 10.2 Å². The van der Waals surface area contributed by atoms with Gasteiger partial charge in [-0.2, -0.15) is 0 Å². The molecule has 0 bridgehead atoms. The van der Waals surface area contributed by atoms with Gasteiger partial charge in [-0.3, -0.25) is 0 Å². The van der Waals surface area contributed by atoms with Crippen molar-refractivity contribution in [1.29, 1.82) is 0 Å². The molecule has 1 aromatic carbocycles. The molecule has 6 nitrogen and oxygen atoms in total. The predicted molar refractivity (Wildman–Crippen MR) is 95.8 cm³/mol. The van der Waals surface area contributed by atoms with Crippen LogP contribution in [0.4, 0.5) is 4.79 Å². The van der Waals surface area contributed by atoms with Crippen molar-refractivity contribution >= 4 is 12.1 Å². The zero-order valence-electron chi connectivity index (χ0n) is 15.7. The van der Waals surface area contributed by atoms with Gasteiger partial charge >= 0.3 is 12.1 Å². The summed E-state index contributed by atoms with van der Waals surface area (Å²) in [5.41, 5.74) is 1.18. The van der Waals surface area contributed by atoms with E-state index in [4.69, 9.17) is 9.47 Å². The molecule has 0 spiro atoms. The third kappa shape index (κ3) is 5.74. The third-order valence-electron chi connectivity index (χ3n) is 4.16. The third-order valence-corrected chi connectivity index (χ3v) is 4.16. The summed E-state index contributed by atoms with van der Waals surface area (Å²) in [6.07, 6.45) is 0.453. The number of benzene rings is 1. The van der Waals surface area contributed by atoms with Crippen molar-refractivity contribution in [3.05, 3.63) is 35.4 Å². The van der Waals surface area contributed by atoms with E-state index >= 15 is 0 Å². The zero-order chi connectivity index (χ0) is 18.6. The van der Waals surface area contributed by atoms with Crippen LogP contribution in [0.25, 0.3) is 0 Å². The number of likely N-dealkylation sites (tertiary alicyclic amines) is 1. The Bertz CT molecular complexity index is 607. The molecule has 2 rings (SSSR count). The molecule has 2 atom stereocenters. The quantitative estimate of drug-likeness (QED) is 0.851. The summed E-state index contributed by atoms with van der Waals surface area (Å²) >= 11 is 0. The molecule has 0 aromatic heterocycles. The Hall–Kier alpha value is -2.08. The molecule has 0 radical (unpaired) electrons. The van der Waals surface area contributed by atoms with E-state index in [1.807, 2.05) is 40.0 Å². The monoisotopic (exact) mass is 348 g/mol. The Balaban J connectivity index is 2.02. The summed E-state index contributed by atoms with van der Waals surface area (Å²) in [5.74, 6) is -0.0536. The van der Waals surface area contributed by atoms with Gasteiger partial charge in [-0.1, -0.05) is 12.1 Å². The lowest BCUT2D eigenvalue weighted by atomic mass is 9.88. The predicted octanol–water partition coefficient (Wildman–Crippen LogP) is 2.79. The van der Waals surface area contributed by atoms with Crippen LogP contribution in [0, 0.1) is 0 Å². The van der Waals surface area contributed by atoms with E-state index < -0.39 is 5.60 Å². The van der Waals surface area contributed by atoms with Crippen LogP contribution in [-0.4, -0.2) is 55.9 Å². The average molecular weight is 348 g/mol. The number of hydrogen-bond acceptors (Lipinski definition) is 5. The summed E-state index contributed by atoms with van der Waals surface area (Å²) in [7, 11) is 3.41. The summed E-state index contributed by atoms with van der Waals surface area (Å²) in [6.45, 7) is 7.25. The van der Waals surface area contributed by atoms with Crippen LogP contribution in [0.2, 0.25) is 0 Å². The number of rotatable bonds is 3. The van der Waals surface area contributed by atoms with Crippen molar-refractivity contribution in [3.63, 3.8) is 0 Å². The number of carbonyl (C=O) groups excluding carboxylic acids is 2. The lowest BCUT2D eigenvalue weighted by Gasteiger charge is -2.36. The standard InChI is InChI=1S/C19H28N2O4/c1-19(2,3)25-18(23)20-16-10-15(11-21(4)12-16)13-6-8-14(9-7-13)17(22)24-5/h6-9,15-16H,10-12H2,1-5H3,(H,20,23)/t15-,16-/m0/s1. The highest BCUT2D eigenvalue weighted by Crippen LogP contribution is 2.27. The highest BCUT2D eigenvalue weighted by atomic mass is 16.6. The SMILES string of the molecule is COC(=O)c1ccc([C@H]2C[C@H](NC(=O)OC(C)(C)C)CN(C)C2)cc1. The number of amides is 1. The van der Waals surface area contributed by atoms with E-state index in [0.717, 1.165) is 25.1 Å². The number of nitrogens with zero attached hydrogens (tertiary/aromatic N) is 1. The fourth-order valence-corrected chi connectivity index (χ4v) is 3.15. The van der Waals surface area contributed by atoms with Crippen molar-refractivity contribution in [2.45, 2.75) is 44.8 Å². The van der Waals surface area contributed by atoms with Gasteiger partial charge in [0.2, 0.25) is 0 Å². The number of alkyl carbamates (subject to hydrolysis) is 1. The molecule has 1 N–H and O–H groups in total. The smallest absolute Gasteiger partial charge is 0.407 e. The maximum Gasteiger partial charge on any atom is 0.407 e. The van der Waals surface area contributed by atoms with E-state index in [9.17, 15) is 9.59 Å². The minimum absolute atomic E-state index is 0.0267. The molecule has 1 aliphatic rings. The van der Waals surface area contributed by atoms with Crippen molar-refractivity contribution in [1.82, 2.24) is 10.2 Å². The minimum Gasteiger partial charge on any atom is -0.465 e. The zero-order valence-corrected chi connectivity index (χ0v) is 15.7. The molecule has 1 heterocycles. The first-order chi connectivity index (χ1) is 11.7. The van der Waals surface area contributed by atoms with Gasteiger partial charge in [0.15, 0.2) is 0 Å². The molecule has 6 heteroatoms. The number of ether oxygens (including phenoxy) is 2. The molecule has 1 aromatic rings. The molecule has 138 valence electrons. The Morgan fingerprint density at radius 3 is 2.36 bits per heavy atom. The van der Waals surface area contributed by atoms with Crippen molar-refractivity contribution in [2.24, 2.45) is 0 Å². The number of hydrogen-bond donors (Lipinski definition) is 1. The molecule has 1 aliphatic heterocycles. The molecule has 1 amide bonds. The Labute approximate surface area is 149 Å². The van der Waals surface area contributed by atoms with Crippen LogP contribution in [0.15, 0.2) is 24.3 Å². The first-order valence-corrected chi connectivity index (χ1v) is 8.54. The van der Waals surface area contributed by atoms with Gasteiger partial charge in [0, 0.05) is 19.1 Å². The second-order valence-electron chi connectivity index (χ2n) is 7.61. The topological polar surface area (TPSA) is 67.9 Å². The molecule has 1 saturated heterocycles. The lowest BCUT2D eigenvalue weighted by Crippen LogP contribution is -2.49. The van der Waals surface area contributed by atoms with Crippen LogP contribution in [0.5, 0.6) is 0 Å². The highest BCUT2D eigenvalue weighted by Gasteiger charge is 2.29. The largest absolute Gasteiger partial charge is 0.465 e. The first-order valence-electron chi connectivity index (χ1n) is 8.54. The molecule has 1 fully saturated rings. The minimum atomic E-state index is -0.506. The maximum absolute atomic E-state index is 12.0. The van der Waals surface area contributed by atoms with Gasteiger partial charge in [0.05, 0.1) is 12.7 Å². The fraction of sp³-hybridized carbons (Fsp3) is 0.579. The normalized spacial score (nSPS) is 21.5. The number of piperidine rings is 1. The van der Waals surface area contributed by atoms with Gasteiger partial charge in [-0.25, -0.2) is 9.59 Å². The molecular formula is C19H28N2O4. The maximum atomic E-state index is 12.0. The number of likely N-dealkylation sites (N-methyl/N-ethyl adjacent to an activating group) is 1. The Morgan fingerprint density at radius 2 is 1.80 bits per heavy atom. The number of carbonyl (C=O) groups is 2. The second-order valence-corrected chi connectivity index (χ2v) is 7.61. The average Bonchev–Trinajstić information content (AvgIpc) is 2.51. The Kier molecular flexibility index (Phi) is 6.06. The number of methoxy groups -OCH3 is 1. The van der Waals surface area contributed by atoms with E-state index in [1.54, 1.807) is 12.1 Å². The number of esters is 1. The molecular weight excluding hydrogens is 320 g/mol. The van der Waals surface area contributed by atoms with Gasteiger partial charge in [-0.15, -0.1) is 0 Å². The summed E-state index contributed by atoms with van der Waals surface area (Å²) in [4.78, 5) is 25.8. The van der Waals surface area contributed by atoms with E-state index in [-0.39, 0.29) is 24.0 Å². The van der Waals surface area contributed by atoms with Crippen LogP contribution >= 0.6 is 0 Å². The van der Waals surface area contributed by atoms with Crippen molar-refractivity contribution in [3.8, 4) is 0 Å². The van der Waals surface area contributed by atoms with Crippen LogP contribution in [-0.2, 0) is 9.47 Å². The molecule has 0 aliphatic carbocycles. The van der Waals surface area contributed by atoms with Gasteiger partial charge in [0.25, 0.3) is 0 Å². The highest BCUT2D eigenvalue weighted by molar-refractivity contribution is 5.89. The Morgan fingerprint density at radius 1 is 1.16 bits per heavy atom. The van der Waals surface area contributed by atoms with Crippen LogP contribution in [0.3, 0.4) is 0 Å². The summed E-state index contributed by atoms with van der Waals surface area (Å²) < 4.78 is 10.1. The van der Waals surface area contributed by atoms with Gasteiger partial charge in [0.1, 0.15) is 5.60 Å². The summed E-state index contributed by atoms with van der Waals surface area (Å²) in [6, 6.07) is 7.51. The lowest BCUT2D eigenvalue weighted by molar-refractivity contribution is 0.0472. The molecule has 25 heavy (non-hydrogen) atoms. The van der Waals surface area contributed by atoms with Crippen molar-refractivity contribution < 1.29 is 19.1 Å². The first kappa shape index (κ1) is 19.2. The molecule has 0 unspecified atom stereocenters.